The molecule has 0 aliphatic heterocycles. The Morgan fingerprint density at radius 3 is 2.74 bits per heavy atom. The second kappa shape index (κ2) is 7.01. The van der Waals surface area contributed by atoms with E-state index in [-0.39, 0.29) is 24.7 Å². The highest BCUT2D eigenvalue weighted by molar-refractivity contribution is 5.45. The third-order valence-corrected chi connectivity index (χ3v) is 2.39. The van der Waals surface area contributed by atoms with E-state index in [9.17, 15) is 19.6 Å². The van der Waals surface area contributed by atoms with Gasteiger partial charge in [0.2, 0.25) is 0 Å². The predicted octanol–water partition coefficient (Wildman–Crippen LogP) is 1.82. The molecule has 0 aliphatic carbocycles. The number of halogens is 1. The van der Waals surface area contributed by atoms with Gasteiger partial charge in [0.1, 0.15) is 12.7 Å². The Balaban J connectivity index is 2.69. The summed E-state index contributed by atoms with van der Waals surface area (Å²) in [7, 11) is 0. The molecular weight excluding hydrogens is 257 g/mol. The minimum atomic E-state index is -0.880. The number of nitro benzene ring substituents is 1. The highest BCUT2D eigenvalue weighted by Crippen LogP contribution is 2.27. The number of aryl methyl sites for hydroxylation is 1. The molecule has 7 heteroatoms. The van der Waals surface area contributed by atoms with Crippen molar-refractivity contribution in [2.45, 2.75) is 20.0 Å². The number of aliphatic hydroxyl groups excluding tert-OH is 1. The van der Waals surface area contributed by atoms with Crippen molar-refractivity contribution in [2.75, 3.05) is 19.8 Å². The maximum Gasteiger partial charge on any atom is 0.275 e. The molecule has 0 amide bonds. The normalized spacial score (nSPS) is 12.2. The van der Waals surface area contributed by atoms with E-state index in [1.165, 1.54) is 13.0 Å². The zero-order valence-corrected chi connectivity index (χ0v) is 10.8. The molecule has 19 heavy (non-hydrogen) atoms. The lowest BCUT2D eigenvalue weighted by atomic mass is 10.2. The third-order valence-electron chi connectivity index (χ3n) is 2.39. The Bertz CT molecular complexity index is 452. The van der Waals surface area contributed by atoms with Crippen LogP contribution < -0.4 is 4.74 Å². The van der Waals surface area contributed by atoms with E-state index in [1.54, 1.807) is 6.92 Å². The molecule has 0 aromatic heterocycles. The first kappa shape index (κ1) is 15.3. The van der Waals surface area contributed by atoms with Crippen molar-refractivity contribution < 1.29 is 23.9 Å². The molecule has 106 valence electrons. The van der Waals surface area contributed by atoms with Crippen LogP contribution in [0.4, 0.5) is 10.1 Å². The summed E-state index contributed by atoms with van der Waals surface area (Å²) in [5, 5.41) is 20.1. The van der Waals surface area contributed by atoms with Crippen LogP contribution in [-0.2, 0) is 4.74 Å². The topological polar surface area (TPSA) is 81.8 Å². The standard InChI is InChI=1S/C12H16FNO5/c1-3-18-6-9(15)7-19-12-4-8(2)11(14(16)17)5-10(12)13/h4-5,9,15H,3,6-7H2,1-2H3/t9-/m1/s1. The molecule has 0 spiro atoms. The Labute approximate surface area is 109 Å². The zero-order chi connectivity index (χ0) is 14.4. The SMILES string of the molecule is CCOC[C@@H](O)COc1cc(C)c([N+](=O)[O-])cc1F. The largest absolute Gasteiger partial charge is 0.488 e. The zero-order valence-electron chi connectivity index (χ0n) is 10.8. The van der Waals surface area contributed by atoms with Crippen LogP contribution in [0.3, 0.4) is 0 Å². The van der Waals surface area contributed by atoms with Gasteiger partial charge in [-0.3, -0.25) is 10.1 Å². The maximum atomic E-state index is 13.6. The molecule has 1 atom stereocenters. The van der Waals surface area contributed by atoms with Crippen LogP contribution in [0, 0.1) is 22.9 Å². The van der Waals surface area contributed by atoms with Crippen molar-refractivity contribution in [3.8, 4) is 5.75 Å². The fourth-order valence-corrected chi connectivity index (χ4v) is 1.44. The van der Waals surface area contributed by atoms with Crippen LogP contribution in [0.1, 0.15) is 12.5 Å². The molecule has 0 fully saturated rings. The minimum absolute atomic E-state index is 0.0874. The van der Waals surface area contributed by atoms with E-state index in [0.717, 1.165) is 6.07 Å². The number of nitrogens with zero attached hydrogens (tertiary/aromatic N) is 1. The smallest absolute Gasteiger partial charge is 0.275 e. The molecule has 1 N–H and O–H groups in total. The van der Waals surface area contributed by atoms with Crippen molar-refractivity contribution in [1.29, 1.82) is 0 Å². The first-order chi connectivity index (χ1) is 8.95. The van der Waals surface area contributed by atoms with Gasteiger partial charge in [-0.1, -0.05) is 0 Å². The molecule has 0 saturated carbocycles. The fourth-order valence-electron chi connectivity index (χ4n) is 1.44. The second-order valence-electron chi connectivity index (χ2n) is 3.95. The van der Waals surface area contributed by atoms with Gasteiger partial charge >= 0.3 is 0 Å². The van der Waals surface area contributed by atoms with E-state index in [4.69, 9.17) is 9.47 Å². The molecule has 0 aliphatic rings. The summed E-state index contributed by atoms with van der Waals surface area (Å²) < 4.78 is 23.6. The van der Waals surface area contributed by atoms with Gasteiger partial charge in [-0.25, -0.2) is 4.39 Å². The number of hydrogen-bond donors (Lipinski definition) is 1. The number of ether oxygens (including phenoxy) is 2. The lowest BCUT2D eigenvalue weighted by molar-refractivity contribution is -0.385. The maximum absolute atomic E-state index is 13.6. The number of rotatable bonds is 7. The third kappa shape index (κ3) is 4.46. The minimum Gasteiger partial charge on any atom is -0.488 e. The average Bonchev–Trinajstić information content (AvgIpc) is 2.36. The molecule has 0 saturated heterocycles. The molecule has 1 aromatic rings. The van der Waals surface area contributed by atoms with Crippen LogP contribution in [0.25, 0.3) is 0 Å². The highest BCUT2D eigenvalue weighted by Gasteiger charge is 2.17. The van der Waals surface area contributed by atoms with E-state index in [2.05, 4.69) is 0 Å². The second-order valence-corrected chi connectivity index (χ2v) is 3.95. The molecule has 6 nitrogen and oxygen atoms in total. The lowest BCUT2D eigenvalue weighted by Crippen LogP contribution is -2.23. The van der Waals surface area contributed by atoms with Gasteiger partial charge < -0.3 is 14.6 Å². The number of benzene rings is 1. The molecular formula is C12H16FNO5. The first-order valence-corrected chi connectivity index (χ1v) is 5.78. The van der Waals surface area contributed by atoms with E-state index in [0.29, 0.717) is 12.2 Å². The van der Waals surface area contributed by atoms with Crippen molar-refractivity contribution >= 4 is 5.69 Å². The van der Waals surface area contributed by atoms with Gasteiger partial charge in [-0.15, -0.1) is 0 Å². The van der Waals surface area contributed by atoms with Crippen molar-refractivity contribution in [3.63, 3.8) is 0 Å². The summed E-state index contributed by atoms with van der Waals surface area (Å²) in [5.41, 5.74) is -0.0135. The quantitative estimate of drug-likeness (QED) is 0.605. The van der Waals surface area contributed by atoms with Gasteiger partial charge in [0.15, 0.2) is 11.6 Å². The molecule has 0 unspecified atom stereocenters. The fraction of sp³-hybridized carbons (Fsp3) is 0.500. The molecule has 1 rings (SSSR count). The summed E-state index contributed by atoms with van der Waals surface area (Å²) in [4.78, 5) is 9.95. The summed E-state index contributed by atoms with van der Waals surface area (Å²) >= 11 is 0. The van der Waals surface area contributed by atoms with Crippen molar-refractivity contribution in [2.24, 2.45) is 0 Å². The van der Waals surface area contributed by atoms with Crippen LogP contribution in [-0.4, -0.2) is 36.0 Å². The lowest BCUT2D eigenvalue weighted by Gasteiger charge is -2.13. The van der Waals surface area contributed by atoms with Gasteiger partial charge in [0.05, 0.1) is 17.6 Å². The molecule has 0 bridgehead atoms. The van der Waals surface area contributed by atoms with Gasteiger partial charge in [0.25, 0.3) is 5.69 Å². The predicted molar refractivity (Wildman–Crippen MR) is 65.8 cm³/mol. The number of aliphatic hydroxyl groups is 1. The number of hydrogen-bond acceptors (Lipinski definition) is 5. The Hall–Kier alpha value is -1.73. The summed E-state index contributed by atoms with van der Waals surface area (Å²) in [5.74, 6) is -0.959. The molecule has 0 heterocycles. The van der Waals surface area contributed by atoms with E-state index >= 15 is 0 Å². The average molecular weight is 273 g/mol. The van der Waals surface area contributed by atoms with Crippen LogP contribution in [0.2, 0.25) is 0 Å². The Morgan fingerprint density at radius 1 is 1.47 bits per heavy atom. The number of nitro groups is 1. The summed E-state index contributed by atoms with van der Waals surface area (Å²) in [6.45, 7) is 3.67. The van der Waals surface area contributed by atoms with Gasteiger partial charge in [-0.2, -0.15) is 0 Å². The van der Waals surface area contributed by atoms with Crippen LogP contribution in [0.15, 0.2) is 12.1 Å². The van der Waals surface area contributed by atoms with E-state index < -0.39 is 16.8 Å². The van der Waals surface area contributed by atoms with Crippen molar-refractivity contribution in [1.82, 2.24) is 0 Å². The van der Waals surface area contributed by atoms with Gasteiger partial charge in [0, 0.05) is 12.2 Å². The monoisotopic (exact) mass is 273 g/mol. The highest BCUT2D eigenvalue weighted by atomic mass is 19.1. The molecule has 1 aromatic carbocycles. The Morgan fingerprint density at radius 2 is 2.16 bits per heavy atom. The Kier molecular flexibility index (Phi) is 5.65. The van der Waals surface area contributed by atoms with Crippen LogP contribution >= 0.6 is 0 Å². The summed E-state index contributed by atoms with van der Waals surface area (Å²) in [6, 6.07) is 2.04. The summed E-state index contributed by atoms with van der Waals surface area (Å²) in [6.07, 6.45) is -0.880. The first-order valence-electron chi connectivity index (χ1n) is 5.78. The van der Waals surface area contributed by atoms with Gasteiger partial charge in [-0.05, 0) is 19.9 Å². The van der Waals surface area contributed by atoms with Crippen LogP contribution in [0.5, 0.6) is 5.75 Å². The van der Waals surface area contributed by atoms with Crippen molar-refractivity contribution in [3.05, 3.63) is 33.6 Å². The molecule has 0 radical (unpaired) electrons. The van der Waals surface area contributed by atoms with E-state index in [1.807, 2.05) is 0 Å².